The molecule has 3 amide bonds. The minimum absolute atomic E-state index is 0.0733. The van der Waals surface area contributed by atoms with Crippen LogP contribution >= 0.6 is 23.1 Å². The largest absolute Gasteiger partial charge is 0.341 e. The average Bonchev–Trinajstić information content (AvgIpc) is 3.40. The van der Waals surface area contributed by atoms with E-state index in [0.717, 1.165) is 46.6 Å². The van der Waals surface area contributed by atoms with Crippen molar-refractivity contribution in [2.24, 2.45) is 5.92 Å². The van der Waals surface area contributed by atoms with Crippen LogP contribution in [0.25, 0.3) is 0 Å². The smallest absolute Gasteiger partial charge is 0.308 e. The number of carbonyl (C=O) groups is 3. The Hall–Kier alpha value is -3.24. The summed E-state index contributed by atoms with van der Waals surface area (Å²) in [6.07, 6.45) is 2.99. The summed E-state index contributed by atoms with van der Waals surface area (Å²) in [7, 11) is 0. The first-order valence-corrected chi connectivity index (χ1v) is 15.7. The fourth-order valence-electron chi connectivity index (χ4n) is 6.03. The molecule has 7 nitrogen and oxygen atoms in total. The second-order valence-corrected chi connectivity index (χ2v) is 14.1. The Morgan fingerprint density at radius 2 is 1.59 bits per heavy atom. The minimum Gasteiger partial charge on any atom is -0.341 e. The van der Waals surface area contributed by atoms with E-state index in [-0.39, 0.29) is 28.6 Å². The number of likely N-dealkylation sites (tertiary alicyclic amines) is 1. The summed E-state index contributed by atoms with van der Waals surface area (Å²) in [4.78, 5) is 57.8. The number of fused-ring (bicyclic) bond motifs is 2. The lowest BCUT2D eigenvalue weighted by atomic mass is 9.81. The first kappa shape index (κ1) is 27.9. The van der Waals surface area contributed by atoms with Crippen molar-refractivity contribution in [2.45, 2.75) is 68.2 Å². The minimum atomic E-state index is -0.780. The molecule has 0 spiro atoms. The van der Waals surface area contributed by atoms with Gasteiger partial charge in [0.15, 0.2) is 0 Å². The fourth-order valence-corrected chi connectivity index (χ4v) is 8.80. The third kappa shape index (κ3) is 4.95. The van der Waals surface area contributed by atoms with Gasteiger partial charge in [-0.1, -0.05) is 68.1 Å². The van der Waals surface area contributed by atoms with Crippen molar-refractivity contribution in [1.82, 2.24) is 9.47 Å². The maximum atomic E-state index is 14.0. The summed E-state index contributed by atoms with van der Waals surface area (Å²) in [5, 5.41) is -0.198. The number of carbonyl (C=O) groups excluding carboxylic acids is 3. The molecular formula is C31H32FN3O4S2. The van der Waals surface area contributed by atoms with Crippen molar-refractivity contribution < 1.29 is 18.8 Å². The van der Waals surface area contributed by atoms with Gasteiger partial charge in [0.1, 0.15) is 17.6 Å². The van der Waals surface area contributed by atoms with Crippen molar-refractivity contribution in [2.75, 3.05) is 18.0 Å². The van der Waals surface area contributed by atoms with Gasteiger partial charge in [-0.25, -0.2) is 9.29 Å². The quantitative estimate of drug-likeness (QED) is 0.391. The van der Waals surface area contributed by atoms with Crippen LogP contribution in [0.1, 0.15) is 62.0 Å². The highest BCUT2D eigenvalue weighted by Gasteiger charge is 2.56. The van der Waals surface area contributed by atoms with Crippen molar-refractivity contribution >= 4 is 46.5 Å². The van der Waals surface area contributed by atoms with E-state index in [0.29, 0.717) is 28.7 Å². The van der Waals surface area contributed by atoms with Crippen LogP contribution in [0, 0.1) is 11.7 Å². The van der Waals surface area contributed by atoms with Crippen LogP contribution in [0.3, 0.4) is 0 Å². The van der Waals surface area contributed by atoms with Crippen molar-refractivity contribution in [3.05, 3.63) is 80.0 Å². The Kier molecular flexibility index (Phi) is 7.18. The molecule has 3 aromatic rings. The molecule has 0 bridgehead atoms. The van der Waals surface area contributed by atoms with Gasteiger partial charge in [0.25, 0.3) is 0 Å². The predicted molar refractivity (Wildman–Crippen MR) is 158 cm³/mol. The third-order valence-electron chi connectivity index (χ3n) is 8.27. The molecule has 3 aliphatic heterocycles. The Morgan fingerprint density at radius 3 is 2.22 bits per heavy atom. The highest BCUT2D eigenvalue weighted by atomic mass is 32.2. The summed E-state index contributed by atoms with van der Waals surface area (Å²) in [5.41, 5.74) is 2.21. The summed E-state index contributed by atoms with van der Waals surface area (Å²) in [5.74, 6) is -2.60. The number of thioether (sulfide) groups is 1. The van der Waals surface area contributed by atoms with E-state index in [1.807, 2.05) is 24.3 Å². The van der Waals surface area contributed by atoms with E-state index in [1.54, 1.807) is 4.90 Å². The topological polar surface area (TPSA) is 79.7 Å². The molecular weight excluding hydrogens is 561 g/mol. The second-order valence-electron chi connectivity index (χ2n) is 12.0. The van der Waals surface area contributed by atoms with Crippen LogP contribution in [0.15, 0.2) is 58.4 Å². The number of amides is 3. The lowest BCUT2D eigenvalue weighted by molar-refractivity contribution is -0.133. The molecule has 4 heterocycles. The molecule has 2 aromatic carbocycles. The molecule has 0 saturated carbocycles. The lowest BCUT2D eigenvalue weighted by Gasteiger charge is -2.31. The van der Waals surface area contributed by atoms with Gasteiger partial charge in [-0.05, 0) is 60.1 Å². The van der Waals surface area contributed by atoms with Crippen LogP contribution in [0.2, 0.25) is 0 Å². The summed E-state index contributed by atoms with van der Waals surface area (Å²) < 4.78 is 15.2. The Balaban J connectivity index is 1.44. The number of benzene rings is 2. The molecule has 41 heavy (non-hydrogen) atoms. The van der Waals surface area contributed by atoms with Gasteiger partial charge in [-0.3, -0.25) is 23.7 Å². The fraction of sp³-hybridized carbons (Fsp3) is 0.419. The second kappa shape index (κ2) is 10.5. The normalized spacial score (nSPS) is 22.6. The monoisotopic (exact) mass is 593 g/mol. The highest BCUT2D eigenvalue weighted by Crippen LogP contribution is 2.54. The van der Waals surface area contributed by atoms with Gasteiger partial charge < -0.3 is 4.90 Å². The number of thiazole rings is 1. The van der Waals surface area contributed by atoms with Crippen LogP contribution in [0.4, 0.5) is 10.1 Å². The molecule has 2 fully saturated rings. The summed E-state index contributed by atoms with van der Waals surface area (Å²) in [6, 6.07) is 13.4. The van der Waals surface area contributed by atoms with Crippen LogP contribution < -0.4 is 9.77 Å². The van der Waals surface area contributed by atoms with Crippen LogP contribution in [-0.4, -0.2) is 45.5 Å². The molecule has 3 atom stereocenters. The van der Waals surface area contributed by atoms with E-state index in [2.05, 4.69) is 20.8 Å². The third-order valence-corrected chi connectivity index (χ3v) is 10.9. The first-order valence-electron chi connectivity index (χ1n) is 14.0. The number of halogens is 1. The SMILES string of the molecule is CC(C)(C)c1ccc(C2c3sc(=O)n(CC(=O)N4CCCCC4)c3SC3C(=O)N(c4ccc(F)cc4)C(=O)C32)cc1. The zero-order chi connectivity index (χ0) is 29.1. The van der Waals surface area contributed by atoms with Gasteiger partial charge in [0.05, 0.1) is 16.6 Å². The molecule has 0 N–H and O–H groups in total. The molecule has 0 aliphatic carbocycles. The maximum Gasteiger partial charge on any atom is 0.308 e. The number of aromatic nitrogens is 1. The molecule has 3 unspecified atom stereocenters. The average molecular weight is 594 g/mol. The number of nitrogens with zero attached hydrogens (tertiary/aromatic N) is 3. The van der Waals surface area contributed by atoms with Gasteiger partial charge in [0.2, 0.25) is 17.7 Å². The van der Waals surface area contributed by atoms with Gasteiger partial charge in [-0.15, -0.1) is 0 Å². The van der Waals surface area contributed by atoms with Gasteiger partial charge in [0, 0.05) is 23.9 Å². The van der Waals surface area contributed by atoms with Crippen molar-refractivity contribution in [1.29, 1.82) is 0 Å². The zero-order valence-corrected chi connectivity index (χ0v) is 24.9. The number of anilines is 1. The molecule has 0 radical (unpaired) electrons. The lowest BCUT2D eigenvalue weighted by Crippen LogP contribution is -2.39. The Bertz CT molecular complexity index is 1570. The summed E-state index contributed by atoms with van der Waals surface area (Å²) >= 11 is 2.25. The predicted octanol–water partition coefficient (Wildman–Crippen LogP) is 5.15. The zero-order valence-electron chi connectivity index (χ0n) is 23.3. The maximum absolute atomic E-state index is 14.0. The van der Waals surface area contributed by atoms with Crippen molar-refractivity contribution in [3.8, 4) is 0 Å². The number of hydrogen-bond acceptors (Lipinski definition) is 6. The number of hydrogen-bond donors (Lipinski definition) is 0. The highest BCUT2D eigenvalue weighted by molar-refractivity contribution is 8.00. The van der Waals surface area contributed by atoms with E-state index in [9.17, 15) is 23.6 Å². The molecule has 10 heteroatoms. The molecule has 214 valence electrons. The standard InChI is InChI=1S/C31H32FN3O4S2/c1-31(2,3)19-9-7-18(8-10-19)23-24-25(28(38)35(27(24)37)21-13-11-20(32)12-14-21)40-29-26(23)41-30(39)34(29)17-22(36)33-15-5-4-6-16-33/h7-14,23-25H,4-6,15-17H2,1-3H3. The van der Waals surface area contributed by atoms with Gasteiger partial charge >= 0.3 is 4.87 Å². The molecule has 2 saturated heterocycles. The van der Waals surface area contributed by atoms with E-state index >= 15 is 0 Å². The molecule has 3 aliphatic rings. The van der Waals surface area contributed by atoms with Gasteiger partial charge in [-0.2, -0.15) is 0 Å². The molecule has 6 rings (SSSR count). The van der Waals surface area contributed by atoms with Crippen LogP contribution in [-0.2, 0) is 26.3 Å². The number of rotatable bonds is 4. The Morgan fingerprint density at radius 1 is 0.927 bits per heavy atom. The van der Waals surface area contributed by atoms with E-state index in [4.69, 9.17) is 0 Å². The first-order chi connectivity index (χ1) is 19.5. The van der Waals surface area contributed by atoms with Crippen LogP contribution in [0.5, 0.6) is 0 Å². The molecule has 1 aromatic heterocycles. The van der Waals surface area contributed by atoms with E-state index < -0.39 is 28.8 Å². The summed E-state index contributed by atoms with van der Waals surface area (Å²) in [6.45, 7) is 7.64. The number of imide groups is 1. The number of piperidine rings is 1. The Labute approximate surface area is 246 Å². The van der Waals surface area contributed by atoms with Crippen molar-refractivity contribution in [3.63, 3.8) is 0 Å². The van der Waals surface area contributed by atoms with E-state index in [1.165, 1.54) is 40.6 Å².